The second-order valence-corrected chi connectivity index (χ2v) is 9.21. The van der Waals surface area contributed by atoms with Gasteiger partial charge in [-0.2, -0.15) is 5.21 Å². The summed E-state index contributed by atoms with van der Waals surface area (Å²) in [5, 5.41) is 17.4. The molecule has 0 radical (unpaired) electrons. The average molecular weight is 491 g/mol. The summed E-state index contributed by atoms with van der Waals surface area (Å²) in [5.74, 6) is 0.733. The number of nitrogens with zero attached hydrogens (tertiary/aromatic N) is 5. The number of para-hydroxylation sites is 1. The van der Waals surface area contributed by atoms with Gasteiger partial charge in [0.1, 0.15) is 0 Å². The van der Waals surface area contributed by atoms with E-state index in [1.54, 1.807) is 0 Å². The Morgan fingerprint density at radius 1 is 0.861 bits per heavy atom. The standard InChI is InChI=1S/C29H23ClN6/c30-25-12-9-22-10-14-26(31-27(22)18-25)13-8-20-4-6-21(7-5-20)19-36-17-16-24-3-1-2-23(29(24)36)11-15-28-32-34-35-33-28/h1-10,12-14,16-18H,11,15,19H2,(H,32,33,34,35)/b13-8+. The van der Waals surface area contributed by atoms with Crippen molar-refractivity contribution in [1.82, 2.24) is 30.2 Å². The minimum atomic E-state index is 0.696. The summed E-state index contributed by atoms with van der Waals surface area (Å²) in [7, 11) is 0. The van der Waals surface area contributed by atoms with Crippen molar-refractivity contribution in [3.63, 3.8) is 0 Å². The number of rotatable bonds is 7. The van der Waals surface area contributed by atoms with Crippen LogP contribution in [0.2, 0.25) is 5.02 Å². The smallest absolute Gasteiger partial charge is 0.174 e. The summed E-state index contributed by atoms with van der Waals surface area (Å²) < 4.78 is 2.32. The van der Waals surface area contributed by atoms with Crippen molar-refractivity contribution in [2.75, 3.05) is 0 Å². The second-order valence-electron chi connectivity index (χ2n) is 8.77. The van der Waals surface area contributed by atoms with Crippen molar-refractivity contribution < 1.29 is 0 Å². The first kappa shape index (κ1) is 22.2. The number of halogens is 1. The molecule has 0 fully saturated rings. The maximum absolute atomic E-state index is 6.12. The van der Waals surface area contributed by atoms with Crippen LogP contribution in [0, 0.1) is 0 Å². The molecule has 0 aliphatic carbocycles. The van der Waals surface area contributed by atoms with Gasteiger partial charge in [0, 0.05) is 29.6 Å². The SMILES string of the molecule is Clc1ccc2ccc(/C=C/c3ccc(Cn4ccc5cccc(CCc6nn[nH]n6)c54)cc3)nc2c1. The Kier molecular flexibility index (Phi) is 6.01. The number of aromatic nitrogens is 6. The molecule has 7 heteroatoms. The van der Waals surface area contributed by atoms with Gasteiger partial charge in [0.05, 0.1) is 16.7 Å². The summed E-state index contributed by atoms with van der Waals surface area (Å²) in [6, 6.07) is 27.1. The van der Waals surface area contributed by atoms with Gasteiger partial charge >= 0.3 is 0 Å². The molecule has 6 nitrogen and oxygen atoms in total. The fourth-order valence-corrected chi connectivity index (χ4v) is 4.69. The number of pyridine rings is 1. The van der Waals surface area contributed by atoms with Gasteiger partial charge in [0.2, 0.25) is 0 Å². The minimum Gasteiger partial charge on any atom is -0.343 e. The van der Waals surface area contributed by atoms with E-state index in [2.05, 4.69) is 92.1 Å². The molecule has 0 amide bonds. The largest absolute Gasteiger partial charge is 0.343 e. The molecule has 0 aliphatic heterocycles. The van der Waals surface area contributed by atoms with E-state index in [1.165, 1.54) is 22.0 Å². The average Bonchev–Trinajstić information content (AvgIpc) is 3.57. The van der Waals surface area contributed by atoms with E-state index in [4.69, 9.17) is 16.6 Å². The van der Waals surface area contributed by atoms with Crippen LogP contribution in [0.25, 0.3) is 34.0 Å². The first-order chi connectivity index (χ1) is 17.7. The highest BCUT2D eigenvalue weighted by molar-refractivity contribution is 6.31. The number of hydrogen-bond acceptors (Lipinski definition) is 4. The highest BCUT2D eigenvalue weighted by Crippen LogP contribution is 2.23. The number of nitrogens with one attached hydrogen (secondary N) is 1. The second kappa shape index (κ2) is 9.76. The normalized spacial score (nSPS) is 11.7. The van der Waals surface area contributed by atoms with E-state index in [9.17, 15) is 0 Å². The lowest BCUT2D eigenvalue weighted by molar-refractivity contribution is 0.819. The molecule has 0 unspecified atom stereocenters. The number of H-pyrrole nitrogens is 1. The van der Waals surface area contributed by atoms with Crippen molar-refractivity contribution in [3.8, 4) is 0 Å². The number of tetrazole rings is 1. The lowest BCUT2D eigenvalue weighted by Crippen LogP contribution is -2.02. The van der Waals surface area contributed by atoms with Crippen molar-refractivity contribution in [2.24, 2.45) is 0 Å². The topological polar surface area (TPSA) is 72.3 Å². The summed E-state index contributed by atoms with van der Waals surface area (Å²) in [5.41, 5.74) is 6.72. The predicted molar refractivity (Wildman–Crippen MR) is 145 cm³/mol. The third-order valence-electron chi connectivity index (χ3n) is 6.33. The molecule has 3 aromatic carbocycles. The van der Waals surface area contributed by atoms with Crippen molar-refractivity contribution in [1.29, 1.82) is 0 Å². The number of aromatic amines is 1. The maximum Gasteiger partial charge on any atom is 0.174 e. The molecule has 3 heterocycles. The molecule has 6 rings (SSSR count). The predicted octanol–water partition coefficient (Wildman–Crippen LogP) is 6.36. The molecule has 0 saturated heterocycles. The van der Waals surface area contributed by atoms with Gasteiger partial charge in [0.25, 0.3) is 0 Å². The van der Waals surface area contributed by atoms with Gasteiger partial charge in [-0.25, -0.2) is 4.98 Å². The molecule has 0 aliphatic rings. The number of benzene rings is 3. The Bertz CT molecular complexity index is 1670. The third kappa shape index (κ3) is 4.76. The summed E-state index contributed by atoms with van der Waals surface area (Å²) in [6.07, 6.45) is 7.89. The molecule has 0 saturated carbocycles. The Morgan fingerprint density at radius 2 is 1.75 bits per heavy atom. The van der Waals surface area contributed by atoms with E-state index in [0.717, 1.165) is 47.4 Å². The zero-order valence-electron chi connectivity index (χ0n) is 19.5. The minimum absolute atomic E-state index is 0.696. The lowest BCUT2D eigenvalue weighted by Gasteiger charge is -2.10. The van der Waals surface area contributed by atoms with Crippen LogP contribution in [-0.2, 0) is 19.4 Å². The molecule has 176 valence electrons. The van der Waals surface area contributed by atoms with E-state index in [1.807, 2.05) is 30.3 Å². The lowest BCUT2D eigenvalue weighted by atomic mass is 10.1. The number of fused-ring (bicyclic) bond motifs is 2. The van der Waals surface area contributed by atoms with Crippen LogP contribution in [0.15, 0.2) is 85.1 Å². The van der Waals surface area contributed by atoms with E-state index >= 15 is 0 Å². The zero-order chi connectivity index (χ0) is 24.3. The Hall–Kier alpha value is -4.29. The Balaban J connectivity index is 1.18. The molecule has 0 bridgehead atoms. The van der Waals surface area contributed by atoms with Crippen molar-refractivity contribution in [2.45, 2.75) is 19.4 Å². The van der Waals surface area contributed by atoms with Crippen LogP contribution < -0.4 is 0 Å². The third-order valence-corrected chi connectivity index (χ3v) is 6.57. The molecule has 1 N–H and O–H groups in total. The first-order valence-electron chi connectivity index (χ1n) is 11.8. The zero-order valence-corrected chi connectivity index (χ0v) is 20.2. The molecule has 36 heavy (non-hydrogen) atoms. The quantitative estimate of drug-likeness (QED) is 0.282. The Labute approximate surface area is 213 Å². The summed E-state index contributed by atoms with van der Waals surface area (Å²) in [6.45, 7) is 0.805. The first-order valence-corrected chi connectivity index (χ1v) is 12.2. The van der Waals surface area contributed by atoms with Crippen LogP contribution in [0.5, 0.6) is 0 Å². The van der Waals surface area contributed by atoms with Crippen molar-refractivity contribution >= 4 is 45.6 Å². The molecular formula is C29H23ClN6. The van der Waals surface area contributed by atoms with Gasteiger partial charge in [-0.05, 0) is 58.8 Å². The molecular weight excluding hydrogens is 468 g/mol. The van der Waals surface area contributed by atoms with E-state index in [-0.39, 0.29) is 0 Å². The monoisotopic (exact) mass is 490 g/mol. The summed E-state index contributed by atoms with van der Waals surface area (Å²) >= 11 is 6.12. The van der Waals surface area contributed by atoms with E-state index in [0.29, 0.717) is 5.02 Å². The highest BCUT2D eigenvalue weighted by atomic mass is 35.5. The van der Waals surface area contributed by atoms with Crippen LogP contribution in [-0.4, -0.2) is 30.2 Å². The van der Waals surface area contributed by atoms with Crippen LogP contribution >= 0.6 is 11.6 Å². The van der Waals surface area contributed by atoms with Crippen LogP contribution in [0.3, 0.4) is 0 Å². The van der Waals surface area contributed by atoms with Gasteiger partial charge in [-0.15, -0.1) is 10.2 Å². The highest BCUT2D eigenvalue weighted by Gasteiger charge is 2.09. The van der Waals surface area contributed by atoms with Crippen LogP contribution in [0.1, 0.15) is 28.2 Å². The fourth-order valence-electron chi connectivity index (χ4n) is 4.52. The maximum atomic E-state index is 6.12. The Morgan fingerprint density at radius 3 is 2.61 bits per heavy atom. The molecule has 3 aromatic heterocycles. The van der Waals surface area contributed by atoms with Gasteiger partial charge in [-0.1, -0.05) is 77.5 Å². The van der Waals surface area contributed by atoms with Crippen LogP contribution in [0.4, 0.5) is 0 Å². The van der Waals surface area contributed by atoms with E-state index < -0.39 is 0 Å². The fraction of sp³-hybridized carbons (Fsp3) is 0.103. The molecule has 0 spiro atoms. The molecule has 0 atom stereocenters. The number of hydrogen-bond donors (Lipinski definition) is 1. The number of aryl methyl sites for hydroxylation is 2. The summed E-state index contributed by atoms with van der Waals surface area (Å²) in [4.78, 5) is 4.70. The van der Waals surface area contributed by atoms with Gasteiger partial charge in [-0.3, -0.25) is 0 Å². The van der Waals surface area contributed by atoms with Crippen molar-refractivity contribution in [3.05, 3.63) is 118 Å². The van der Waals surface area contributed by atoms with Gasteiger partial charge < -0.3 is 4.57 Å². The molecule has 6 aromatic rings. The van der Waals surface area contributed by atoms with Gasteiger partial charge in [0.15, 0.2) is 5.82 Å².